The second-order valence-corrected chi connectivity index (χ2v) is 9.46. The van der Waals surface area contributed by atoms with Crippen molar-refractivity contribution in [2.24, 2.45) is 11.8 Å². The molecule has 0 saturated carbocycles. The maximum absolute atomic E-state index is 10.5. The first-order valence-electron chi connectivity index (χ1n) is 11.1. The van der Waals surface area contributed by atoms with E-state index < -0.39 is 15.9 Å². The minimum absolute atomic E-state index is 0.156. The molecule has 0 bridgehead atoms. The van der Waals surface area contributed by atoms with Gasteiger partial charge in [-0.1, -0.05) is 47.0 Å². The Morgan fingerprint density at radius 1 is 0.828 bits per heavy atom. The predicted octanol–water partition coefficient (Wildman–Crippen LogP) is 3.62. The van der Waals surface area contributed by atoms with Crippen LogP contribution in [0, 0.1) is 11.8 Å². The summed E-state index contributed by atoms with van der Waals surface area (Å²) < 4.78 is 54.4. The first-order chi connectivity index (χ1) is 13.8. The molecule has 0 rings (SSSR count). The van der Waals surface area contributed by atoms with E-state index in [4.69, 9.17) is 18.9 Å². The van der Waals surface area contributed by atoms with Crippen molar-refractivity contribution in [1.29, 1.82) is 0 Å². The van der Waals surface area contributed by atoms with Crippen LogP contribution in [0.25, 0.3) is 0 Å². The Hall–Kier alpha value is -0.250. The zero-order valence-electron chi connectivity index (χ0n) is 18.9. The van der Waals surface area contributed by atoms with E-state index in [-0.39, 0.29) is 19.1 Å². The summed E-state index contributed by atoms with van der Waals surface area (Å²) in [6.45, 7) is 12.1. The Balaban J connectivity index is 4.11. The van der Waals surface area contributed by atoms with E-state index in [0.717, 1.165) is 19.4 Å². The van der Waals surface area contributed by atoms with Gasteiger partial charge >= 0.3 is 0 Å². The van der Waals surface area contributed by atoms with E-state index in [1.165, 1.54) is 19.3 Å². The third-order valence-electron chi connectivity index (χ3n) is 4.61. The highest BCUT2D eigenvalue weighted by molar-refractivity contribution is 7.85. The minimum Gasteiger partial charge on any atom is -0.748 e. The van der Waals surface area contributed by atoms with Gasteiger partial charge in [0.05, 0.1) is 36.5 Å². The lowest BCUT2D eigenvalue weighted by molar-refractivity contribution is -0.0780. The third kappa shape index (κ3) is 20.8. The summed E-state index contributed by atoms with van der Waals surface area (Å²) in [5.41, 5.74) is 0. The largest absolute Gasteiger partial charge is 0.748 e. The van der Waals surface area contributed by atoms with Crippen molar-refractivity contribution in [2.45, 2.75) is 72.3 Å². The van der Waals surface area contributed by atoms with Gasteiger partial charge in [0.2, 0.25) is 0 Å². The van der Waals surface area contributed by atoms with Crippen LogP contribution in [0.4, 0.5) is 0 Å². The van der Waals surface area contributed by atoms with Gasteiger partial charge < -0.3 is 23.5 Å². The van der Waals surface area contributed by atoms with Crippen LogP contribution in [-0.2, 0) is 29.1 Å². The molecular weight excluding hydrogens is 396 g/mol. The Labute approximate surface area is 178 Å². The molecule has 0 aromatic carbocycles. The Kier molecular flexibility index (Phi) is 18.4. The van der Waals surface area contributed by atoms with Gasteiger partial charge in [0, 0.05) is 25.6 Å². The lowest BCUT2D eigenvalue weighted by Crippen LogP contribution is -2.29. The monoisotopic (exact) mass is 439 g/mol. The van der Waals surface area contributed by atoms with Crippen LogP contribution in [0.1, 0.15) is 66.2 Å². The van der Waals surface area contributed by atoms with Crippen molar-refractivity contribution in [3.05, 3.63) is 0 Å². The maximum Gasteiger partial charge on any atom is 0.104 e. The molecule has 0 aliphatic heterocycles. The van der Waals surface area contributed by atoms with Crippen molar-refractivity contribution in [3.63, 3.8) is 0 Å². The first kappa shape index (κ1) is 28.8. The highest BCUT2D eigenvalue weighted by Gasteiger charge is 2.13. The summed E-state index contributed by atoms with van der Waals surface area (Å²) in [6.07, 6.45) is 5.79. The van der Waals surface area contributed by atoms with Crippen LogP contribution in [0.5, 0.6) is 0 Å². The topological polar surface area (TPSA) is 94.1 Å². The minimum atomic E-state index is -4.17. The molecule has 0 radical (unpaired) electrons. The standard InChI is InChI=1S/C21H44O7S/c1-5-7-9-20(6-2)16-27-18-21(17-26-12-10-19(3)4)28-14-13-25-11-8-15-29(22,23)24/h19-21H,5-18H2,1-4H3,(H,22,23,24)/p-1. The van der Waals surface area contributed by atoms with Crippen LogP contribution in [0.2, 0.25) is 0 Å². The molecule has 7 nitrogen and oxygen atoms in total. The Morgan fingerprint density at radius 2 is 1.55 bits per heavy atom. The van der Waals surface area contributed by atoms with Crippen LogP contribution in [0.15, 0.2) is 0 Å². The summed E-state index contributed by atoms with van der Waals surface area (Å²) in [6, 6.07) is 0. The van der Waals surface area contributed by atoms with E-state index in [1.54, 1.807) is 0 Å². The number of rotatable bonds is 21. The lowest BCUT2D eigenvalue weighted by Gasteiger charge is -2.21. The van der Waals surface area contributed by atoms with E-state index in [1.807, 2.05) is 0 Å². The van der Waals surface area contributed by atoms with E-state index >= 15 is 0 Å². The summed E-state index contributed by atoms with van der Waals surface area (Å²) in [4.78, 5) is 0. The van der Waals surface area contributed by atoms with Crippen molar-refractivity contribution in [2.75, 3.05) is 52.0 Å². The summed E-state index contributed by atoms with van der Waals surface area (Å²) in [5, 5.41) is 0. The maximum atomic E-state index is 10.5. The predicted molar refractivity (Wildman–Crippen MR) is 114 cm³/mol. The molecule has 29 heavy (non-hydrogen) atoms. The average Bonchev–Trinajstić information content (AvgIpc) is 2.65. The molecule has 0 aliphatic carbocycles. The number of hydrogen-bond acceptors (Lipinski definition) is 7. The van der Waals surface area contributed by atoms with Gasteiger partial charge in [-0.05, 0) is 31.1 Å². The zero-order chi connectivity index (χ0) is 22.0. The van der Waals surface area contributed by atoms with Gasteiger partial charge in [0.1, 0.15) is 6.10 Å². The molecule has 176 valence electrons. The molecule has 8 heteroatoms. The normalized spacial score (nSPS) is 14.4. The molecule has 0 fully saturated rings. The number of unbranched alkanes of at least 4 members (excludes halogenated alkanes) is 1. The van der Waals surface area contributed by atoms with Gasteiger partial charge in [-0.2, -0.15) is 0 Å². The number of ether oxygens (including phenoxy) is 4. The van der Waals surface area contributed by atoms with Gasteiger partial charge in [0.15, 0.2) is 0 Å². The first-order valence-corrected chi connectivity index (χ1v) is 12.6. The molecule has 0 amide bonds. The van der Waals surface area contributed by atoms with Gasteiger partial charge in [-0.3, -0.25) is 0 Å². The molecule has 0 N–H and O–H groups in total. The van der Waals surface area contributed by atoms with Crippen molar-refractivity contribution >= 4 is 10.1 Å². The highest BCUT2D eigenvalue weighted by Crippen LogP contribution is 2.13. The smallest absolute Gasteiger partial charge is 0.104 e. The summed E-state index contributed by atoms with van der Waals surface area (Å²) >= 11 is 0. The van der Waals surface area contributed by atoms with E-state index in [9.17, 15) is 13.0 Å². The molecule has 0 aromatic rings. The van der Waals surface area contributed by atoms with E-state index in [0.29, 0.717) is 44.9 Å². The molecule has 2 unspecified atom stereocenters. The SMILES string of the molecule is CCCCC(CC)COCC(COCCC(C)C)OCCOCCCS(=O)(=O)[O-]. The van der Waals surface area contributed by atoms with Crippen molar-refractivity contribution < 1.29 is 31.9 Å². The van der Waals surface area contributed by atoms with Crippen LogP contribution < -0.4 is 0 Å². The van der Waals surface area contributed by atoms with Crippen molar-refractivity contribution in [1.82, 2.24) is 0 Å². The Bertz CT molecular complexity index is 454. The van der Waals surface area contributed by atoms with Crippen LogP contribution in [-0.4, -0.2) is 71.1 Å². The summed E-state index contributed by atoms with van der Waals surface area (Å²) in [5.74, 6) is 0.781. The fourth-order valence-electron chi connectivity index (χ4n) is 2.66. The molecule has 0 heterocycles. The van der Waals surface area contributed by atoms with E-state index in [2.05, 4.69) is 27.7 Å². The molecule has 2 atom stereocenters. The molecule has 0 spiro atoms. The van der Waals surface area contributed by atoms with Crippen LogP contribution in [0.3, 0.4) is 0 Å². The molecule has 0 aliphatic rings. The van der Waals surface area contributed by atoms with Crippen molar-refractivity contribution in [3.8, 4) is 0 Å². The zero-order valence-corrected chi connectivity index (χ0v) is 19.7. The average molecular weight is 440 g/mol. The fraction of sp³-hybridized carbons (Fsp3) is 1.00. The second-order valence-electron chi connectivity index (χ2n) is 7.93. The summed E-state index contributed by atoms with van der Waals surface area (Å²) in [7, 11) is -4.17. The molecular formula is C21H43O7S-. The second kappa shape index (κ2) is 18.5. The quantitative estimate of drug-likeness (QED) is 0.199. The molecule has 0 saturated heterocycles. The third-order valence-corrected chi connectivity index (χ3v) is 5.40. The van der Waals surface area contributed by atoms with Gasteiger partial charge in [0.25, 0.3) is 0 Å². The fourth-order valence-corrected chi connectivity index (χ4v) is 3.13. The molecule has 0 aromatic heterocycles. The number of hydrogen-bond donors (Lipinski definition) is 0. The van der Waals surface area contributed by atoms with Crippen LogP contribution >= 0.6 is 0 Å². The Morgan fingerprint density at radius 3 is 2.17 bits per heavy atom. The van der Waals surface area contributed by atoms with Gasteiger partial charge in [-0.25, -0.2) is 8.42 Å². The lowest BCUT2D eigenvalue weighted by atomic mass is 10.0. The highest BCUT2D eigenvalue weighted by atomic mass is 32.2. The van der Waals surface area contributed by atoms with Gasteiger partial charge in [-0.15, -0.1) is 0 Å².